The molecule has 0 aromatic carbocycles. The molecule has 0 aliphatic carbocycles. The van der Waals surface area contributed by atoms with Crippen LogP contribution in [0, 0.1) is 5.41 Å². The summed E-state index contributed by atoms with van der Waals surface area (Å²) in [6.45, 7) is 6.89. The Morgan fingerprint density at radius 3 is 2.79 bits per heavy atom. The molecular formula is C14H20ClN3S. The summed E-state index contributed by atoms with van der Waals surface area (Å²) in [6.07, 6.45) is 5.82. The predicted molar refractivity (Wildman–Crippen MR) is 82.5 cm³/mol. The highest BCUT2D eigenvalue weighted by atomic mass is 35.5. The van der Waals surface area contributed by atoms with Gasteiger partial charge in [0.15, 0.2) is 10.8 Å². The predicted octanol–water partition coefficient (Wildman–Crippen LogP) is 4.15. The van der Waals surface area contributed by atoms with E-state index in [9.17, 15) is 0 Å². The SMILES string of the molecule is CCC1(C)CCN(c2nc3sccn3c2CCl)CC1. The second-order valence-electron chi connectivity index (χ2n) is 5.72. The molecule has 3 nitrogen and oxygen atoms in total. The standard InChI is InChI=1S/C14H20ClN3S/c1-3-14(2)4-6-17(7-5-14)12-11(10-15)18-8-9-19-13(18)16-12/h8-9H,3-7,10H2,1-2H3. The van der Waals surface area contributed by atoms with E-state index in [1.165, 1.54) is 19.3 Å². The van der Waals surface area contributed by atoms with E-state index in [2.05, 4.69) is 34.7 Å². The number of alkyl halides is 1. The molecular weight excluding hydrogens is 278 g/mol. The zero-order chi connectivity index (χ0) is 13.5. The van der Waals surface area contributed by atoms with Crippen LogP contribution in [0.4, 0.5) is 5.82 Å². The topological polar surface area (TPSA) is 20.5 Å². The van der Waals surface area contributed by atoms with Crippen molar-refractivity contribution in [3.63, 3.8) is 0 Å². The van der Waals surface area contributed by atoms with Crippen LogP contribution in [0.2, 0.25) is 0 Å². The maximum Gasteiger partial charge on any atom is 0.195 e. The lowest BCUT2D eigenvalue weighted by atomic mass is 9.78. The van der Waals surface area contributed by atoms with E-state index in [1.54, 1.807) is 11.3 Å². The zero-order valence-electron chi connectivity index (χ0n) is 11.5. The molecule has 0 N–H and O–H groups in total. The Morgan fingerprint density at radius 1 is 1.42 bits per heavy atom. The molecule has 19 heavy (non-hydrogen) atoms. The molecule has 2 aromatic rings. The summed E-state index contributed by atoms with van der Waals surface area (Å²) >= 11 is 7.80. The number of nitrogens with zero attached hydrogens (tertiary/aromatic N) is 3. The first-order valence-electron chi connectivity index (χ1n) is 6.92. The van der Waals surface area contributed by atoms with Crippen LogP contribution in [0.5, 0.6) is 0 Å². The molecule has 0 bridgehead atoms. The maximum absolute atomic E-state index is 6.13. The zero-order valence-corrected chi connectivity index (χ0v) is 13.1. The highest BCUT2D eigenvalue weighted by molar-refractivity contribution is 7.15. The van der Waals surface area contributed by atoms with E-state index in [-0.39, 0.29) is 0 Å². The molecule has 0 atom stereocenters. The summed E-state index contributed by atoms with van der Waals surface area (Å²) in [5.74, 6) is 1.62. The third-order valence-corrected chi connectivity index (χ3v) is 5.60. The molecule has 5 heteroatoms. The molecule has 0 spiro atoms. The van der Waals surface area contributed by atoms with E-state index in [1.807, 2.05) is 0 Å². The molecule has 104 valence electrons. The van der Waals surface area contributed by atoms with Gasteiger partial charge in [-0.15, -0.1) is 22.9 Å². The Bertz CT molecular complexity index is 566. The second-order valence-corrected chi connectivity index (χ2v) is 6.86. The Kier molecular flexibility index (Phi) is 3.48. The Labute approximate surface area is 123 Å². The highest BCUT2D eigenvalue weighted by Crippen LogP contribution is 2.37. The van der Waals surface area contributed by atoms with Crippen molar-refractivity contribution in [3.05, 3.63) is 17.3 Å². The van der Waals surface area contributed by atoms with Gasteiger partial charge < -0.3 is 4.90 Å². The van der Waals surface area contributed by atoms with Gasteiger partial charge in [-0.3, -0.25) is 4.40 Å². The smallest absolute Gasteiger partial charge is 0.195 e. The van der Waals surface area contributed by atoms with Gasteiger partial charge >= 0.3 is 0 Å². The minimum Gasteiger partial charge on any atom is -0.355 e. The van der Waals surface area contributed by atoms with E-state index in [4.69, 9.17) is 16.6 Å². The van der Waals surface area contributed by atoms with Gasteiger partial charge in [0.1, 0.15) is 0 Å². The molecule has 0 radical (unpaired) electrons. The van der Waals surface area contributed by atoms with Gasteiger partial charge in [-0.1, -0.05) is 20.3 Å². The number of thiazole rings is 1. The monoisotopic (exact) mass is 297 g/mol. The van der Waals surface area contributed by atoms with Crippen molar-refractivity contribution < 1.29 is 0 Å². The van der Waals surface area contributed by atoms with Gasteiger partial charge in [-0.2, -0.15) is 0 Å². The van der Waals surface area contributed by atoms with Gasteiger partial charge in [0.2, 0.25) is 0 Å². The van der Waals surface area contributed by atoms with E-state index in [0.717, 1.165) is 29.6 Å². The van der Waals surface area contributed by atoms with Crippen molar-refractivity contribution in [1.29, 1.82) is 0 Å². The van der Waals surface area contributed by atoms with Crippen LogP contribution >= 0.6 is 22.9 Å². The summed E-state index contributed by atoms with van der Waals surface area (Å²) in [5.41, 5.74) is 1.65. The molecule has 1 aliphatic rings. The van der Waals surface area contributed by atoms with Crippen molar-refractivity contribution in [2.24, 2.45) is 5.41 Å². The minimum atomic E-state index is 0.509. The number of hydrogen-bond acceptors (Lipinski definition) is 3. The van der Waals surface area contributed by atoms with E-state index < -0.39 is 0 Å². The van der Waals surface area contributed by atoms with Crippen LogP contribution in [0.25, 0.3) is 4.96 Å². The summed E-state index contributed by atoms with van der Waals surface area (Å²) in [4.78, 5) is 8.23. The summed E-state index contributed by atoms with van der Waals surface area (Å²) in [6, 6.07) is 0. The first kappa shape index (κ1) is 13.3. The molecule has 0 unspecified atom stereocenters. The van der Waals surface area contributed by atoms with Crippen molar-refractivity contribution in [1.82, 2.24) is 9.38 Å². The lowest BCUT2D eigenvalue weighted by Gasteiger charge is -2.39. The van der Waals surface area contributed by atoms with Crippen LogP contribution in [-0.2, 0) is 5.88 Å². The van der Waals surface area contributed by atoms with E-state index in [0.29, 0.717) is 11.3 Å². The van der Waals surface area contributed by atoms with Crippen molar-refractivity contribution in [2.45, 2.75) is 39.0 Å². The molecule has 1 aliphatic heterocycles. The number of piperidine rings is 1. The number of anilines is 1. The molecule has 3 rings (SSSR count). The fourth-order valence-corrected chi connectivity index (χ4v) is 3.79. The van der Waals surface area contributed by atoms with Crippen molar-refractivity contribution in [3.8, 4) is 0 Å². The van der Waals surface area contributed by atoms with Crippen LogP contribution in [0.15, 0.2) is 11.6 Å². The number of rotatable bonds is 3. The van der Waals surface area contributed by atoms with Crippen molar-refractivity contribution >= 4 is 33.7 Å². The minimum absolute atomic E-state index is 0.509. The summed E-state index contributed by atoms with van der Waals surface area (Å²) < 4.78 is 2.13. The van der Waals surface area contributed by atoms with Gasteiger partial charge in [0, 0.05) is 24.7 Å². The molecule has 1 saturated heterocycles. The number of halogens is 1. The normalized spacial score (nSPS) is 19.2. The van der Waals surface area contributed by atoms with Gasteiger partial charge in [-0.05, 0) is 18.3 Å². The molecule has 0 amide bonds. The molecule has 1 fully saturated rings. The summed E-state index contributed by atoms with van der Waals surface area (Å²) in [5, 5.41) is 2.06. The fourth-order valence-electron chi connectivity index (χ4n) is 2.81. The second kappa shape index (κ2) is 4.98. The number of imidazole rings is 1. The third kappa shape index (κ3) is 2.25. The number of fused-ring (bicyclic) bond motifs is 1. The van der Waals surface area contributed by atoms with Crippen LogP contribution < -0.4 is 4.90 Å². The Morgan fingerprint density at radius 2 is 2.16 bits per heavy atom. The maximum atomic E-state index is 6.13. The first-order chi connectivity index (χ1) is 9.17. The third-order valence-electron chi connectivity index (χ3n) is 4.59. The average molecular weight is 298 g/mol. The van der Waals surface area contributed by atoms with Crippen molar-refractivity contribution in [2.75, 3.05) is 18.0 Å². The Balaban J connectivity index is 1.87. The largest absolute Gasteiger partial charge is 0.355 e. The lowest BCUT2D eigenvalue weighted by Crippen LogP contribution is -2.39. The molecule has 3 heterocycles. The molecule has 2 aromatic heterocycles. The van der Waals surface area contributed by atoms with Gasteiger partial charge in [-0.25, -0.2) is 4.98 Å². The van der Waals surface area contributed by atoms with Crippen LogP contribution in [0.3, 0.4) is 0 Å². The van der Waals surface area contributed by atoms with E-state index >= 15 is 0 Å². The first-order valence-corrected chi connectivity index (χ1v) is 8.33. The number of hydrogen-bond donors (Lipinski definition) is 0. The number of aromatic nitrogens is 2. The average Bonchev–Trinajstić information content (AvgIpc) is 2.99. The Hall–Kier alpha value is -0.740. The fraction of sp³-hybridized carbons (Fsp3) is 0.643. The quantitative estimate of drug-likeness (QED) is 0.793. The van der Waals surface area contributed by atoms with Gasteiger partial charge in [0.05, 0.1) is 11.6 Å². The lowest BCUT2D eigenvalue weighted by molar-refractivity contribution is 0.238. The van der Waals surface area contributed by atoms with Crippen LogP contribution in [-0.4, -0.2) is 22.5 Å². The highest BCUT2D eigenvalue weighted by Gasteiger charge is 2.30. The molecule has 0 saturated carbocycles. The van der Waals surface area contributed by atoms with Gasteiger partial charge in [0.25, 0.3) is 0 Å². The van der Waals surface area contributed by atoms with Crippen LogP contribution in [0.1, 0.15) is 38.8 Å². The summed E-state index contributed by atoms with van der Waals surface area (Å²) in [7, 11) is 0.